The van der Waals surface area contributed by atoms with E-state index in [-0.39, 0.29) is 18.2 Å². The molecule has 6 nitrogen and oxygen atoms in total. The Morgan fingerprint density at radius 2 is 2.22 bits per heavy atom. The smallest absolute Gasteiger partial charge is 0.314 e. The van der Waals surface area contributed by atoms with Crippen molar-refractivity contribution in [3.05, 3.63) is 22.4 Å². The fraction of sp³-hybridized carbons (Fsp3) is 0.688. The third-order valence-corrected chi connectivity index (χ3v) is 5.30. The Hall–Kier alpha value is -1.15. The third-order valence-electron chi connectivity index (χ3n) is 4.33. The van der Waals surface area contributed by atoms with Crippen molar-refractivity contribution in [3.63, 3.8) is 0 Å². The Bertz CT molecular complexity index is 471. The Kier molecular flexibility index (Phi) is 6.27. The Balaban J connectivity index is 1.48. The van der Waals surface area contributed by atoms with Crippen molar-refractivity contribution in [2.24, 2.45) is 0 Å². The molecular weight excluding hydrogens is 314 g/mol. The number of carbonyl (C=O) groups is 1. The molecule has 0 radical (unpaired) electrons. The summed E-state index contributed by atoms with van der Waals surface area (Å²) in [6.07, 6.45) is 2.30. The van der Waals surface area contributed by atoms with E-state index in [4.69, 9.17) is 9.47 Å². The van der Waals surface area contributed by atoms with E-state index in [9.17, 15) is 4.79 Å². The first kappa shape index (κ1) is 16.7. The molecule has 2 amide bonds. The van der Waals surface area contributed by atoms with E-state index in [1.807, 2.05) is 0 Å². The van der Waals surface area contributed by atoms with Gasteiger partial charge in [0, 0.05) is 37.7 Å². The van der Waals surface area contributed by atoms with Crippen LogP contribution in [0, 0.1) is 0 Å². The Morgan fingerprint density at radius 1 is 1.35 bits per heavy atom. The zero-order valence-electron chi connectivity index (χ0n) is 13.3. The average molecular weight is 339 g/mol. The fourth-order valence-electron chi connectivity index (χ4n) is 3.04. The average Bonchev–Trinajstić information content (AvgIpc) is 3.28. The van der Waals surface area contributed by atoms with Crippen LogP contribution in [0.3, 0.4) is 0 Å². The van der Waals surface area contributed by atoms with Crippen molar-refractivity contribution in [1.82, 2.24) is 15.5 Å². The quantitative estimate of drug-likeness (QED) is 0.826. The van der Waals surface area contributed by atoms with Gasteiger partial charge in [-0.1, -0.05) is 6.07 Å². The molecular formula is C16H25N3O3S. The summed E-state index contributed by atoms with van der Waals surface area (Å²) in [4.78, 5) is 15.7. The van der Waals surface area contributed by atoms with Gasteiger partial charge >= 0.3 is 6.03 Å². The number of thiophene rings is 1. The van der Waals surface area contributed by atoms with Gasteiger partial charge in [0.1, 0.15) is 0 Å². The molecule has 128 valence electrons. The molecule has 7 heteroatoms. The molecule has 0 aromatic carbocycles. The van der Waals surface area contributed by atoms with Crippen LogP contribution in [0.15, 0.2) is 17.5 Å². The maximum atomic E-state index is 12.0. The van der Waals surface area contributed by atoms with E-state index in [2.05, 4.69) is 33.0 Å². The van der Waals surface area contributed by atoms with Crippen LogP contribution in [0.4, 0.5) is 4.79 Å². The first-order valence-corrected chi connectivity index (χ1v) is 9.19. The SMILES string of the molecule is O=C(NC[C@H]1CCCO1)NC[C@@H](c1cccs1)N1CCOCC1. The lowest BCUT2D eigenvalue weighted by Crippen LogP contribution is -2.46. The van der Waals surface area contributed by atoms with Crippen molar-refractivity contribution >= 4 is 17.4 Å². The normalized spacial score (nSPS) is 23.6. The van der Waals surface area contributed by atoms with E-state index in [0.29, 0.717) is 13.1 Å². The lowest BCUT2D eigenvalue weighted by atomic mass is 10.2. The molecule has 23 heavy (non-hydrogen) atoms. The number of urea groups is 1. The maximum absolute atomic E-state index is 12.0. The van der Waals surface area contributed by atoms with Crippen LogP contribution in [0.25, 0.3) is 0 Å². The van der Waals surface area contributed by atoms with Crippen molar-refractivity contribution in [2.45, 2.75) is 25.0 Å². The van der Waals surface area contributed by atoms with Crippen LogP contribution < -0.4 is 10.6 Å². The van der Waals surface area contributed by atoms with Crippen LogP contribution in [0.2, 0.25) is 0 Å². The van der Waals surface area contributed by atoms with E-state index in [1.54, 1.807) is 11.3 Å². The second kappa shape index (κ2) is 8.63. The van der Waals surface area contributed by atoms with Crippen molar-refractivity contribution in [1.29, 1.82) is 0 Å². The number of hydrogen-bond donors (Lipinski definition) is 2. The summed E-state index contributed by atoms with van der Waals surface area (Å²) in [5.41, 5.74) is 0. The highest BCUT2D eigenvalue weighted by Crippen LogP contribution is 2.25. The second-order valence-electron chi connectivity index (χ2n) is 5.91. The van der Waals surface area contributed by atoms with Gasteiger partial charge in [-0.3, -0.25) is 4.90 Å². The molecule has 3 heterocycles. The van der Waals surface area contributed by atoms with Crippen LogP contribution in [0.1, 0.15) is 23.8 Å². The number of amides is 2. The number of hydrogen-bond acceptors (Lipinski definition) is 5. The van der Waals surface area contributed by atoms with Crippen molar-refractivity contribution < 1.29 is 14.3 Å². The largest absolute Gasteiger partial charge is 0.379 e. The Morgan fingerprint density at radius 3 is 2.91 bits per heavy atom. The van der Waals surface area contributed by atoms with E-state index in [0.717, 1.165) is 45.8 Å². The van der Waals surface area contributed by atoms with Crippen LogP contribution in [-0.4, -0.2) is 63.0 Å². The summed E-state index contributed by atoms with van der Waals surface area (Å²) in [6, 6.07) is 4.30. The van der Waals surface area contributed by atoms with Crippen molar-refractivity contribution in [2.75, 3.05) is 46.0 Å². The molecule has 2 N–H and O–H groups in total. The highest BCUT2D eigenvalue weighted by Gasteiger charge is 2.24. The summed E-state index contributed by atoms with van der Waals surface area (Å²) in [5.74, 6) is 0. The number of nitrogens with one attached hydrogen (secondary N) is 2. The summed E-state index contributed by atoms with van der Waals surface area (Å²) in [5, 5.41) is 8.01. The van der Waals surface area contributed by atoms with Crippen LogP contribution >= 0.6 is 11.3 Å². The first-order chi connectivity index (χ1) is 11.3. The van der Waals surface area contributed by atoms with E-state index in [1.165, 1.54) is 4.88 Å². The Labute approximate surface area is 141 Å². The third kappa shape index (κ3) is 4.91. The molecule has 3 rings (SSSR count). The topological polar surface area (TPSA) is 62.8 Å². The van der Waals surface area contributed by atoms with Crippen LogP contribution in [0.5, 0.6) is 0 Å². The fourth-order valence-corrected chi connectivity index (χ4v) is 3.90. The van der Waals surface area contributed by atoms with Gasteiger partial charge < -0.3 is 20.1 Å². The van der Waals surface area contributed by atoms with Gasteiger partial charge in [0.15, 0.2) is 0 Å². The molecule has 1 aromatic heterocycles. The summed E-state index contributed by atoms with van der Waals surface area (Å²) < 4.78 is 11.0. The minimum Gasteiger partial charge on any atom is -0.379 e. The minimum absolute atomic E-state index is 0.115. The van der Waals surface area contributed by atoms with Crippen molar-refractivity contribution in [3.8, 4) is 0 Å². The minimum atomic E-state index is -0.115. The van der Waals surface area contributed by atoms with Gasteiger partial charge in [0.25, 0.3) is 0 Å². The first-order valence-electron chi connectivity index (χ1n) is 8.31. The second-order valence-corrected chi connectivity index (χ2v) is 6.88. The molecule has 2 fully saturated rings. The van der Waals surface area contributed by atoms with Crippen LogP contribution in [-0.2, 0) is 9.47 Å². The molecule has 2 aliphatic rings. The predicted molar refractivity (Wildman–Crippen MR) is 89.8 cm³/mol. The molecule has 0 bridgehead atoms. The summed E-state index contributed by atoms with van der Waals surface area (Å²) >= 11 is 1.74. The molecule has 2 aliphatic heterocycles. The number of nitrogens with zero attached hydrogens (tertiary/aromatic N) is 1. The zero-order valence-corrected chi connectivity index (χ0v) is 14.1. The lowest BCUT2D eigenvalue weighted by molar-refractivity contribution is 0.0174. The number of rotatable bonds is 6. The maximum Gasteiger partial charge on any atom is 0.314 e. The predicted octanol–water partition coefficient (Wildman–Crippen LogP) is 1.60. The molecule has 2 saturated heterocycles. The van der Waals surface area contributed by atoms with Gasteiger partial charge in [-0.25, -0.2) is 4.79 Å². The monoisotopic (exact) mass is 339 g/mol. The standard InChI is InChI=1S/C16H25N3O3S/c20-16(17-11-13-3-1-7-22-13)18-12-14(15-4-2-10-23-15)19-5-8-21-9-6-19/h2,4,10,13-14H,1,3,5-9,11-12H2,(H2,17,18,20)/t13-,14+/m1/s1. The van der Waals surface area contributed by atoms with E-state index >= 15 is 0 Å². The summed E-state index contributed by atoms with van der Waals surface area (Å²) in [7, 11) is 0. The van der Waals surface area contributed by atoms with Gasteiger partial charge in [-0.2, -0.15) is 0 Å². The number of ether oxygens (including phenoxy) is 2. The number of morpholine rings is 1. The van der Waals surface area contributed by atoms with E-state index < -0.39 is 0 Å². The molecule has 2 atom stereocenters. The summed E-state index contributed by atoms with van der Waals surface area (Å²) in [6.45, 7) is 5.33. The van der Waals surface area contributed by atoms with Gasteiger partial charge in [0.05, 0.1) is 25.4 Å². The molecule has 0 aliphatic carbocycles. The van der Waals surface area contributed by atoms with Gasteiger partial charge in [0.2, 0.25) is 0 Å². The zero-order chi connectivity index (χ0) is 15.9. The molecule has 0 unspecified atom stereocenters. The molecule has 1 aromatic rings. The number of carbonyl (C=O) groups excluding carboxylic acids is 1. The molecule has 0 spiro atoms. The van der Waals surface area contributed by atoms with Gasteiger partial charge in [-0.05, 0) is 24.3 Å². The van der Waals surface area contributed by atoms with Gasteiger partial charge in [-0.15, -0.1) is 11.3 Å². The lowest BCUT2D eigenvalue weighted by Gasteiger charge is -2.34. The highest BCUT2D eigenvalue weighted by atomic mass is 32.1. The highest BCUT2D eigenvalue weighted by molar-refractivity contribution is 7.10. The molecule has 0 saturated carbocycles.